The van der Waals surface area contributed by atoms with E-state index in [2.05, 4.69) is 0 Å². The average Bonchev–Trinajstić information content (AvgIpc) is 3.26. The van der Waals surface area contributed by atoms with E-state index in [-0.39, 0.29) is 6.42 Å². The molecule has 2 saturated carbocycles. The molecule has 0 bridgehead atoms. The molecule has 0 unspecified atom stereocenters. The largest absolute Gasteiger partial charge is 0.454 e. The van der Waals surface area contributed by atoms with Crippen LogP contribution in [-0.4, -0.2) is 62.6 Å². The molecule has 8 heteroatoms. The summed E-state index contributed by atoms with van der Waals surface area (Å²) in [6.07, 6.45) is 3.81. The second-order valence-corrected chi connectivity index (χ2v) is 12.3. The molecule has 3 N–H and O–H groups in total. The highest BCUT2D eigenvalue weighted by Gasteiger charge is 2.88. The summed E-state index contributed by atoms with van der Waals surface area (Å²) in [5, 5.41) is 34.6. The van der Waals surface area contributed by atoms with Crippen molar-refractivity contribution < 1.29 is 39.2 Å². The fourth-order valence-electron chi connectivity index (χ4n) is 7.43. The summed E-state index contributed by atoms with van der Waals surface area (Å²) in [5.41, 5.74) is -4.51. The van der Waals surface area contributed by atoms with E-state index in [0.29, 0.717) is 16.7 Å². The number of Topliss-reactive ketones (excluding diaryl/α,β-unsaturated/α-hetero) is 1. The van der Waals surface area contributed by atoms with Crippen LogP contribution in [0.25, 0.3) is 0 Å². The Morgan fingerprint density at radius 3 is 2.38 bits per heavy atom. The lowest BCUT2D eigenvalue weighted by Gasteiger charge is -2.53. The molecule has 0 aliphatic heterocycles. The first kappa shape index (κ1) is 27.7. The van der Waals surface area contributed by atoms with E-state index in [0.717, 1.165) is 0 Å². The molecule has 4 aliphatic carbocycles. The number of hydrogen-bond donors (Lipinski definition) is 3. The summed E-state index contributed by atoms with van der Waals surface area (Å²) in [5.74, 6) is -5.00. The van der Waals surface area contributed by atoms with Gasteiger partial charge in [-0.15, -0.1) is 0 Å². The minimum atomic E-state index is -1.95. The van der Waals surface area contributed by atoms with Crippen LogP contribution >= 0.6 is 0 Å². The quantitative estimate of drug-likeness (QED) is 0.289. The number of ketones is 1. The van der Waals surface area contributed by atoms with Crippen molar-refractivity contribution >= 4 is 17.7 Å². The molecule has 8 atom stereocenters. The van der Waals surface area contributed by atoms with Gasteiger partial charge in [-0.1, -0.05) is 52.8 Å². The Morgan fingerprint density at radius 2 is 1.84 bits per heavy atom. The van der Waals surface area contributed by atoms with Crippen molar-refractivity contribution in [2.45, 2.75) is 84.7 Å². The molecule has 0 radical (unpaired) electrons. The summed E-state index contributed by atoms with van der Waals surface area (Å²) < 4.78 is 12.3. The molecule has 2 fully saturated rings. The van der Waals surface area contributed by atoms with Crippen LogP contribution in [0.2, 0.25) is 0 Å². The average molecular weight is 517 g/mol. The van der Waals surface area contributed by atoms with Gasteiger partial charge in [0, 0.05) is 41.1 Å². The lowest BCUT2D eigenvalue weighted by Crippen LogP contribution is -2.66. The predicted octanol–water partition coefficient (Wildman–Crippen LogP) is 2.65. The number of ether oxygens (including phenoxy) is 2. The van der Waals surface area contributed by atoms with Crippen LogP contribution in [0, 0.1) is 35.0 Å². The van der Waals surface area contributed by atoms with Crippen LogP contribution in [-0.2, 0) is 23.9 Å². The number of carbonyl (C=O) groups is 3. The van der Waals surface area contributed by atoms with Crippen LogP contribution in [0.4, 0.5) is 0 Å². The third-order valence-electron chi connectivity index (χ3n) is 9.69. The number of aliphatic hydroxyl groups excluding tert-OH is 1. The number of hydrogen-bond acceptors (Lipinski definition) is 8. The van der Waals surface area contributed by atoms with Crippen molar-refractivity contribution in [3.8, 4) is 0 Å². The maximum absolute atomic E-state index is 13.2. The Labute approximate surface area is 218 Å². The molecule has 0 heterocycles. The Morgan fingerprint density at radius 1 is 1.22 bits per heavy atom. The molecule has 37 heavy (non-hydrogen) atoms. The van der Waals surface area contributed by atoms with Crippen LogP contribution < -0.4 is 0 Å². The molecule has 4 aliphatic rings. The highest BCUT2D eigenvalue weighted by molar-refractivity contribution is 6.04. The molecule has 8 nitrogen and oxygen atoms in total. The van der Waals surface area contributed by atoms with E-state index < -0.39 is 82.2 Å². The topological polar surface area (TPSA) is 130 Å². The van der Waals surface area contributed by atoms with Gasteiger partial charge < -0.3 is 24.8 Å². The van der Waals surface area contributed by atoms with E-state index in [1.807, 2.05) is 13.8 Å². The van der Waals surface area contributed by atoms with Gasteiger partial charge in [-0.2, -0.15) is 0 Å². The fourth-order valence-corrected chi connectivity index (χ4v) is 7.43. The van der Waals surface area contributed by atoms with Crippen LogP contribution in [0.1, 0.15) is 61.8 Å². The first-order valence-corrected chi connectivity index (χ1v) is 13.1. The minimum absolute atomic E-state index is 0.125. The molecule has 0 saturated heterocycles. The van der Waals surface area contributed by atoms with Gasteiger partial charge in [0.25, 0.3) is 0 Å². The third kappa shape index (κ3) is 3.48. The normalized spacial score (nSPS) is 42.1. The molecule has 0 amide bonds. The first-order chi connectivity index (χ1) is 17.0. The van der Waals surface area contributed by atoms with Gasteiger partial charge in [-0.05, 0) is 31.9 Å². The third-order valence-corrected chi connectivity index (χ3v) is 9.69. The van der Waals surface area contributed by atoms with Crippen molar-refractivity contribution in [2.75, 3.05) is 6.61 Å². The molecule has 4 rings (SSSR count). The highest BCUT2D eigenvalue weighted by atomic mass is 16.6. The van der Waals surface area contributed by atoms with E-state index in [4.69, 9.17) is 9.47 Å². The lowest BCUT2D eigenvalue weighted by atomic mass is 9.59. The fraction of sp³-hybridized carbons (Fsp3) is 0.690. The van der Waals surface area contributed by atoms with Crippen molar-refractivity contribution in [1.29, 1.82) is 0 Å². The van der Waals surface area contributed by atoms with Gasteiger partial charge in [-0.25, -0.2) is 4.79 Å². The maximum atomic E-state index is 13.2. The Bertz CT molecular complexity index is 1130. The van der Waals surface area contributed by atoms with Crippen molar-refractivity contribution in [3.05, 3.63) is 34.9 Å². The second kappa shape index (κ2) is 8.61. The monoisotopic (exact) mass is 516 g/mol. The lowest BCUT2D eigenvalue weighted by molar-refractivity contribution is -0.228. The van der Waals surface area contributed by atoms with Gasteiger partial charge in [0.05, 0.1) is 18.1 Å². The zero-order chi connectivity index (χ0) is 27.9. The van der Waals surface area contributed by atoms with Gasteiger partial charge in [0.15, 0.2) is 11.4 Å². The summed E-state index contributed by atoms with van der Waals surface area (Å²) in [6.45, 7) is 13.5. The molecule has 204 valence electrons. The minimum Gasteiger partial charge on any atom is -0.454 e. The predicted molar refractivity (Wildman–Crippen MR) is 135 cm³/mol. The standard InChI is InChI=1S/C29H40O8/c1-9-15(4)25(33)36-23-17(6)28(35)19(21-26(7,8)29(21,23)37-24(32)14(2)3)11-18(13-30)12-27(34)20(28)10-16(5)22(27)31/h9-11,14,17,19-21,23,30,34-35H,12-13H2,1-8H3/b15-9+/t17-,19+,20-,21-,23+,27+,28-,29-/m0/s1. The Hall–Kier alpha value is -2.29. The molecular weight excluding hydrogens is 476 g/mol. The number of allylic oxidation sites excluding steroid dienone is 1. The van der Waals surface area contributed by atoms with Crippen LogP contribution in [0.5, 0.6) is 0 Å². The number of aliphatic hydroxyl groups is 3. The van der Waals surface area contributed by atoms with Crippen molar-refractivity contribution in [3.63, 3.8) is 0 Å². The number of fused-ring (bicyclic) bond motifs is 5. The summed E-state index contributed by atoms with van der Waals surface area (Å²) >= 11 is 0. The second-order valence-electron chi connectivity index (χ2n) is 12.3. The first-order valence-electron chi connectivity index (χ1n) is 13.1. The zero-order valence-electron chi connectivity index (χ0n) is 23.0. The van der Waals surface area contributed by atoms with Gasteiger partial charge in [0.2, 0.25) is 0 Å². The summed E-state index contributed by atoms with van der Waals surface area (Å²) in [4.78, 5) is 39.3. The van der Waals surface area contributed by atoms with E-state index in [1.165, 1.54) is 0 Å². The van der Waals surface area contributed by atoms with E-state index >= 15 is 0 Å². The van der Waals surface area contributed by atoms with Gasteiger partial charge in [0.1, 0.15) is 11.7 Å². The zero-order valence-corrected chi connectivity index (χ0v) is 23.0. The summed E-state index contributed by atoms with van der Waals surface area (Å²) in [7, 11) is 0. The van der Waals surface area contributed by atoms with Gasteiger partial charge >= 0.3 is 11.9 Å². The Balaban J connectivity index is 1.96. The highest BCUT2D eigenvalue weighted by Crippen LogP contribution is 2.77. The summed E-state index contributed by atoms with van der Waals surface area (Å²) in [6, 6.07) is 0. The molecule has 0 spiro atoms. The number of rotatable bonds is 5. The molecule has 0 aromatic heterocycles. The smallest absolute Gasteiger partial charge is 0.333 e. The van der Waals surface area contributed by atoms with E-state index in [1.54, 1.807) is 59.8 Å². The van der Waals surface area contributed by atoms with Crippen molar-refractivity contribution in [2.24, 2.45) is 35.0 Å². The Kier molecular flexibility index (Phi) is 6.46. The van der Waals surface area contributed by atoms with Crippen LogP contribution in [0.3, 0.4) is 0 Å². The maximum Gasteiger partial charge on any atom is 0.333 e. The molecule has 0 aromatic carbocycles. The van der Waals surface area contributed by atoms with Crippen molar-refractivity contribution in [1.82, 2.24) is 0 Å². The number of carbonyl (C=O) groups excluding carboxylic acids is 3. The number of esters is 2. The van der Waals surface area contributed by atoms with E-state index in [9.17, 15) is 29.7 Å². The molecular formula is C29H40O8. The van der Waals surface area contributed by atoms with Crippen LogP contribution in [0.15, 0.2) is 34.9 Å². The van der Waals surface area contributed by atoms with Gasteiger partial charge in [-0.3, -0.25) is 9.59 Å². The SMILES string of the molecule is C/C=C(\C)C(=O)O[C@@H]1[C@H](C)[C@]2(O)[C@H](C=C(CO)C[C@]3(O)C(=O)C(C)=C[C@H]23)[C@H]2C(C)(C)[C@@]12OC(=O)C(C)C. The molecule has 0 aromatic rings.